The minimum atomic E-state index is -0.629. The first-order chi connectivity index (χ1) is 8.08. The number of carbonyl (C=O) groups is 3. The summed E-state index contributed by atoms with van der Waals surface area (Å²) in [5.74, 6) is -1.26. The number of amides is 3. The summed E-state index contributed by atoms with van der Waals surface area (Å²) in [5.41, 5.74) is 2.37. The number of carbonyl (C=O) groups excluding carboxylic acids is 3. The number of rotatable bonds is 3. The molecular formula is C9H14ClN3O4. The molecule has 0 aromatic carbocycles. The molecule has 1 heterocycles. The summed E-state index contributed by atoms with van der Waals surface area (Å²) in [6.07, 6.45) is 0.0198. The quantitative estimate of drug-likeness (QED) is 0.529. The van der Waals surface area contributed by atoms with Crippen molar-refractivity contribution in [3.63, 3.8) is 0 Å². The van der Waals surface area contributed by atoms with E-state index in [1.165, 1.54) is 7.11 Å². The smallest absolute Gasteiger partial charge is 0.336 e. The van der Waals surface area contributed by atoms with Crippen LogP contribution in [0.15, 0.2) is 0 Å². The van der Waals surface area contributed by atoms with Gasteiger partial charge in [0.15, 0.2) is 0 Å². The van der Waals surface area contributed by atoms with Gasteiger partial charge >= 0.3 is 12.0 Å². The summed E-state index contributed by atoms with van der Waals surface area (Å²) in [6.45, 7) is 0.377. The van der Waals surface area contributed by atoms with Crippen LogP contribution in [0.4, 0.5) is 4.79 Å². The SMILES string of the molecule is COC(=O)C1CC(=O)NN(C(=O)NCCCl)C1. The van der Waals surface area contributed by atoms with Crippen LogP contribution in [0.1, 0.15) is 6.42 Å². The van der Waals surface area contributed by atoms with Gasteiger partial charge in [-0.3, -0.25) is 15.0 Å². The molecular weight excluding hydrogens is 250 g/mol. The van der Waals surface area contributed by atoms with Gasteiger partial charge in [-0.2, -0.15) is 0 Å². The normalized spacial score (nSPS) is 19.5. The number of methoxy groups -OCH3 is 1. The molecule has 0 bridgehead atoms. The first-order valence-electron chi connectivity index (χ1n) is 5.07. The molecule has 17 heavy (non-hydrogen) atoms. The van der Waals surface area contributed by atoms with Crippen molar-refractivity contribution in [3.05, 3.63) is 0 Å². The van der Waals surface area contributed by atoms with E-state index in [1.807, 2.05) is 0 Å². The van der Waals surface area contributed by atoms with Crippen molar-refractivity contribution < 1.29 is 19.1 Å². The Hall–Kier alpha value is -1.50. The van der Waals surface area contributed by atoms with Crippen LogP contribution in [0, 0.1) is 5.92 Å². The Balaban J connectivity index is 2.58. The van der Waals surface area contributed by atoms with Crippen LogP contribution in [-0.2, 0) is 14.3 Å². The zero-order chi connectivity index (χ0) is 12.8. The highest BCUT2D eigenvalue weighted by Crippen LogP contribution is 2.12. The molecule has 7 nitrogen and oxygen atoms in total. The van der Waals surface area contributed by atoms with Crippen molar-refractivity contribution >= 4 is 29.5 Å². The van der Waals surface area contributed by atoms with Gasteiger partial charge in [0.2, 0.25) is 5.91 Å². The molecule has 0 aliphatic carbocycles. The van der Waals surface area contributed by atoms with E-state index in [2.05, 4.69) is 15.5 Å². The molecule has 1 aliphatic heterocycles. The first kappa shape index (κ1) is 13.6. The maximum absolute atomic E-state index is 11.5. The van der Waals surface area contributed by atoms with Gasteiger partial charge in [-0.15, -0.1) is 11.6 Å². The van der Waals surface area contributed by atoms with E-state index in [4.69, 9.17) is 11.6 Å². The van der Waals surface area contributed by atoms with Crippen molar-refractivity contribution in [3.8, 4) is 0 Å². The van der Waals surface area contributed by atoms with E-state index in [9.17, 15) is 14.4 Å². The van der Waals surface area contributed by atoms with E-state index >= 15 is 0 Å². The number of hydrogen-bond donors (Lipinski definition) is 2. The second-order valence-corrected chi connectivity index (χ2v) is 3.87. The summed E-state index contributed by atoms with van der Waals surface area (Å²) in [5, 5.41) is 3.54. The van der Waals surface area contributed by atoms with Crippen molar-refractivity contribution in [1.82, 2.24) is 15.8 Å². The molecule has 3 amide bonds. The molecule has 0 radical (unpaired) electrons. The Morgan fingerprint density at radius 2 is 2.35 bits per heavy atom. The Morgan fingerprint density at radius 1 is 1.65 bits per heavy atom. The molecule has 0 aromatic heterocycles. The molecule has 8 heteroatoms. The summed E-state index contributed by atoms with van der Waals surface area (Å²) < 4.78 is 4.55. The third kappa shape index (κ3) is 3.77. The van der Waals surface area contributed by atoms with E-state index in [0.29, 0.717) is 0 Å². The third-order valence-corrected chi connectivity index (χ3v) is 2.43. The van der Waals surface area contributed by atoms with Gasteiger partial charge in [-0.05, 0) is 0 Å². The van der Waals surface area contributed by atoms with Gasteiger partial charge in [0, 0.05) is 18.8 Å². The fourth-order valence-electron chi connectivity index (χ4n) is 1.46. The summed E-state index contributed by atoms with van der Waals surface area (Å²) in [7, 11) is 1.24. The molecule has 0 spiro atoms. The molecule has 0 saturated carbocycles. The minimum absolute atomic E-state index is 0.0198. The summed E-state index contributed by atoms with van der Waals surface area (Å²) in [6, 6.07) is -0.493. The molecule has 2 N–H and O–H groups in total. The largest absolute Gasteiger partial charge is 0.469 e. The second-order valence-electron chi connectivity index (χ2n) is 3.49. The minimum Gasteiger partial charge on any atom is -0.469 e. The van der Waals surface area contributed by atoms with Crippen LogP contribution in [0.2, 0.25) is 0 Å². The fourth-order valence-corrected chi connectivity index (χ4v) is 1.55. The maximum Gasteiger partial charge on any atom is 0.336 e. The average Bonchev–Trinajstić information content (AvgIpc) is 2.34. The van der Waals surface area contributed by atoms with E-state index in [-0.39, 0.29) is 25.4 Å². The molecule has 96 valence electrons. The Bertz CT molecular complexity index is 323. The molecule has 1 unspecified atom stereocenters. The topological polar surface area (TPSA) is 87.7 Å². The first-order valence-corrected chi connectivity index (χ1v) is 5.60. The van der Waals surface area contributed by atoms with Crippen LogP contribution < -0.4 is 10.7 Å². The van der Waals surface area contributed by atoms with Crippen LogP contribution in [0.5, 0.6) is 0 Å². The zero-order valence-electron chi connectivity index (χ0n) is 9.36. The van der Waals surface area contributed by atoms with Gasteiger partial charge in [0.25, 0.3) is 0 Å². The fraction of sp³-hybridized carbons (Fsp3) is 0.667. The molecule has 1 aliphatic rings. The number of esters is 1. The van der Waals surface area contributed by atoms with Gasteiger partial charge < -0.3 is 10.1 Å². The Kier molecular flexibility index (Phi) is 5.02. The standard InChI is InChI=1S/C9H14ClN3O4/c1-17-8(15)6-4-7(14)12-13(5-6)9(16)11-3-2-10/h6H,2-5H2,1H3,(H,11,16)(H,12,14). The lowest BCUT2D eigenvalue weighted by molar-refractivity contribution is -0.151. The number of urea groups is 1. The van der Waals surface area contributed by atoms with Gasteiger partial charge in [0.05, 0.1) is 19.6 Å². The predicted molar refractivity (Wildman–Crippen MR) is 59.1 cm³/mol. The second kappa shape index (κ2) is 6.29. The Morgan fingerprint density at radius 3 is 2.94 bits per heavy atom. The number of ether oxygens (including phenoxy) is 1. The predicted octanol–water partition coefficient (Wildman–Crippen LogP) is -0.539. The van der Waals surface area contributed by atoms with E-state index < -0.39 is 23.8 Å². The van der Waals surface area contributed by atoms with Crippen LogP contribution in [-0.4, -0.2) is 49.0 Å². The van der Waals surface area contributed by atoms with E-state index in [0.717, 1.165) is 5.01 Å². The van der Waals surface area contributed by atoms with Gasteiger partial charge in [-0.1, -0.05) is 0 Å². The van der Waals surface area contributed by atoms with Crippen molar-refractivity contribution in [2.45, 2.75) is 6.42 Å². The molecule has 0 aromatic rings. The molecule has 1 fully saturated rings. The maximum atomic E-state index is 11.5. The number of halogens is 1. The third-order valence-electron chi connectivity index (χ3n) is 2.24. The average molecular weight is 264 g/mol. The van der Waals surface area contributed by atoms with Crippen LogP contribution in [0.3, 0.4) is 0 Å². The summed E-state index contributed by atoms with van der Waals surface area (Å²) in [4.78, 5) is 34.2. The summed E-state index contributed by atoms with van der Waals surface area (Å²) >= 11 is 5.42. The van der Waals surface area contributed by atoms with Crippen molar-refractivity contribution in [2.24, 2.45) is 5.92 Å². The lowest BCUT2D eigenvalue weighted by Crippen LogP contribution is -2.57. The van der Waals surface area contributed by atoms with Crippen molar-refractivity contribution in [2.75, 3.05) is 26.1 Å². The number of nitrogens with zero attached hydrogens (tertiary/aromatic N) is 1. The Labute approximate surface area is 103 Å². The number of hydrazine groups is 1. The lowest BCUT2D eigenvalue weighted by atomic mass is 10.0. The monoisotopic (exact) mass is 263 g/mol. The van der Waals surface area contributed by atoms with Crippen molar-refractivity contribution in [1.29, 1.82) is 0 Å². The molecule has 1 atom stereocenters. The van der Waals surface area contributed by atoms with Gasteiger partial charge in [0.1, 0.15) is 0 Å². The number of nitrogens with one attached hydrogen (secondary N) is 2. The van der Waals surface area contributed by atoms with Gasteiger partial charge in [-0.25, -0.2) is 9.80 Å². The number of hydrogen-bond acceptors (Lipinski definition) is 4. The highest BCUT2D eigenvalue weighted by Gasteiger charge is 2.33. The molecule has 1 rings (SSSR count). The zero-order valence-corrected chi connectivity index (χ0v) is 10.1. The number of alkyl halides is 1. The van der Waals surface area contributed by atoms with E-state index in [1.54, 1.807) is 0 Å². The van der Waals surface area contributed by atoms with Crippen LogP contribution >= 0.6 is 11.6 Å². The highest BCUT2D eigenvalue weighted by atomic mass is 35.5. The highest BCUT2D eigenvalue weighted by molar-refractivity contribution is 6.18. The van der Waals surface area contributed by atoms with Crippen LogP contribution in [0.25, 0.3) is 0 Å². The molecule has 1 saturated heterocycles. The lowest BCUT2D eigenvalue weighted by Gasteiger charge is -2.31.